The van der Waals surface area contributed by atoms with Crippen LogP contribution in [0.2, 0.25) is 0 Å². The third kappa shape index (κ3) is 2.51. The lowest BCUT2D eigenvalue weighted by Gasteiger charge is -2.09. The van der Waals surface area contributed by atoms with Crippen LogP contribution in [-0.4, -0.2) is 16.1 Å². The van der Waals surface area contributed by atoms with Crippen LogP contribution >= 0.6 is 0 Å². The van der Waals surface area contributed by atoms with Crippen LogP contribution in [0.15, 0.2) is 18.3 Å². The van der Waals surface area contributed by atoms with Crippen LogP contribution in [0.25, 0.3) is 0 Å². The molecule has 3 nitrogen and oxygen atoms in total. The number of aliphatic hydroxyl groups excluding tert-OH is 1. The highest BCUT2D eigenvalue weighted by Gasteiger charge is 1.96. The summed E-state index contributed by atoms with van der Waals surface area (Å²) in [5, 5.41) is 12.0. The van der Waals surface area contributed by atoms with Crippen LogP contribution in [0.4, 0.5) is 5.69 Å². The molecule has 0 fully saturated rings. The van der Waals surface area contributed by atoms with E-state index in [1.807, 2.05) is 12.1 Å². The van der Waals surface area contributed by atoms with E-state index in [9.17, 15) is 0 Å². The van der Waals surface area contributed by atoms with Crippen molar-refractivity contribution < 1.29 is 5.11 Å². The molecule has 0 unspecified atom stereocenters. The van der Waals surface area contributed by atoms with Gasteiger partial charge in [-0.05, 0) is 26.0 Å². The predicted molar refractivity (Wildman–Crippen MR) is 48.9 cm³/mol. The summed E-state index contributed by atoms with van der Waals surface area (Å²) >= 11 is 0. The first-order valence-electron chi connectivity index (χ1n) is 4.04. The summed E-state index contributed by atoms with van der Waals surface area (Å²) in [6.07, 6.45) is 1.69. The summed E-state index contributed by atoms with van der Waals surface area (Å²) in [7, 11) is 0. The molecule has 3 heteroatoms. The van der Waals surface area contributed by atoms with Gasteiger partial charge in [0, 0.05) is 17.9 Å². The molecule has 1 aromatic rings. The summed E-state index contributed by atoms with van der Waals surface area (Å²) < 4.78 is 0. The first-order chi connectivity index (χ1) is 5.72. The van der Waals surface area contributed by atoms with Crippen molar-refractivity contribution in [2.75, 3.05) is 5.32 Å². The highest BCUT2D eigenvalue weighted by atomic mass is 16.3. The molecule has 2 N–H and O–H groups in total. The fraction of sp³-hybridized carbons (Fsp3) is 0.444. The number of aliphatic hydroxyl groups is 1. The minimum absolute atomic E-state index is 0.00633. The number of pyridine rings is 1. The number of hydrogen-bond acceptors (Lipinski definition) is 3. The number of rotatable bonds is 3. The molecular weight excluding hydrogens is 152 g/mol. The van der Waals surface area contributed by atoms with Crippen molar-refractivity contribution in [1.29, 1.82) is 0 Å². The van der Waals surface area contributed by atoms with Gasteiger partial charge in [0.2, 0.25) is 0 Å². The lowest BCUT2D eigenvalue weighted by Crippen LogP contribution is -2.09. The number of nitrogens with zero attached hydrogens (tertiary/aromatic N) is 1. The third-order valence-corrected chi connectivity index (χ3v) is 1.43. The minimum Gasteiger partial charge on any atom is -0.390 e. The van der Waals surface area contributed by atoms with E-state index >= 15 is 0 Å². The summed E-state index contributed by atoms with van der Waals surface area (Å²) in [5.74, 6) is 0. The van der Waals surface area contributed by atoms with Gasteiger partial charge >= 0.3 is 0 Å². The molecule has 0 radical (unpaired) electrons. The van der Waals surface area contributed by atoms with Gasteiger partial charge in [0.25, 0.3) is 0 Å². The maximum absolute atomic E-state index is 8.81. The van der Waals surface area contributed by atoms with Crippen molar-refractivity contribution in [3.05, 3.63) is 24.0 Å². The van der Waals surface area contributed by atoms with Crippen LogP contribution < -0.4 is 5.32 Å². The molecule has 0 spiro atoms. The Bertz CT molecular complexity index is 248. The maximum atomic E-state index is 8.81. The highest BCUT2D eigenvalue weighted by molar-refractivity contribution is 5.43. The molecule has 12 heavy (non-hydrogen) atoms. The van der Waals surface area contributed by atoms with Gasteiger partial charge in [-0.1, -0.05) is 0 Å². The Labute approximate surface area is 72.5 Å². The molecule has 0 aromatic carbocycles. The lowest BCUT2D eigenvalue weighted by molar-refractivity contribution is 0.277. The Morgan fingerprint density at radius 2 is 2.33 bits per heavy atom. The molecule has 0 aliphatic heterocycles. The summed E-state index contributed by atoms with van der Waals surface area (Å²) in [4.78, 5) is 3.98. The summed E-state index contributed by atoms with van der Waals surface area (Å²) in [6.45, 7) is 4.13. The number of nitrogens with one attached hydrogen (secondary N) is 1. The molecular formula is C9H14N2O. The summed E-state index contributed by atoms with van der Waals surface area (Å²) in [6, 6.07) is 4.14. The van der Waals surface area contributed by atoms with Crippen molar-refractivity contribution in [1.82, 2.24) is 4.98 Å². The quantitative estimate of drug-likeness (QED) is 0.713. The van der Waals surface area contributed by atoms with Crippen molar-refractivity contribution >= 4 is 5.69 Å². The van der Waals surface area contributed by atoms with Gasteiger partial charge in [0.1, 0.15) is 0 Å². The van der Waals surface area contributed by atoms with Gasteiger partial charge < -0.3 is 10.4 Å². The fourth-order valence-corrected chi connectivity index (χ4v) is 0.988. The molecule has 0 aliphatic carbocycles. The predicted octanol–water partition coefficient (Wildman–Crippen LogP) is 1.39. The number of anilines is 1. The Kier molecular flexibility index (Phi) is 3.05. The Balaban J connectivity index is 2.72. The van der Waals surface area contributed by atoms with E-state index in [1.54, 1.807) is 6.20 Å². The van der Waals surface area contributed by atoms with Crippen molar-refractivity contribution in [3.63, 3.8) is 0 Å². The lowest BCUT2D eigenvalue weighted by atomic mass is 10.3. The molecule has 0 aliphatic rings. The molecule has 0 bridgehead atoms. The zero-order chi connectivity index (χ0) is 8.97. The van der Waals surface area contributed by atoms with Crippen molar-refractivity contribution in [3.8, 4) is 0 Å². The van der Waals surface area contributed by atoms with Gasteiger partial charge in [0.15, 0.2) is 0 Å². The second kappa shape index (κ2) is 4.07. The topological polar surface area (TPSA) is 45.2 Å². The SMILES string of the molecule is CC(C)Nc1ccnc(CO)c1. The van der Waals surface area contributed by atoms with Crippen LogP contribution in [0.1, 0.15) is 19.5 Å². The molecule has 0 atom stereocenters. The second-order valence-corrected chi connectivity index (χ2v) is 2.99. The van der Waals surface area contributed by atoms with Gasteiger partial charge in [-0.2, -0.15) is 0 Å². The average molecular weight is 166 g/mol. The minimum atomic E-state index is -0.00633. The van der Waals surface area contributed by atoms with E-state index in [1.165, 1.54) is 0 Å². The van der Waals surface area contributed by atoms with Crippen LogP contribution in [0.3, 0.4) is 0 Å². The Morgan fingerprint density at radius 1 is 1.58 bits per heavy atom. The molecule has 66 valence electrons. The Morgan fingerprint density at radius 3 is 2.92 bits per heavy atom. The normalized spacial score (nSPS) is 10.3. The monoisotopic (exact) mass is 166 g/mol. The standard InChI is InChI=1S/C9H14N2O/c1-7(2)11-8-3-4-10-9(5-8)6-12/h3-5,7,12H,6H2,1-2H3,(H,10,11). The Hall–Kier alpha value is -1.09. The smallest absolute Gasteiger partial charge is 0.0853 e. The van der Waals surface area contributed by atoms with Crippen molar-refractivity contribution in [2.45, 2.75) is 26.5 Å². The third-order valence-electron chi connectivity index (χ3n) is 1.43. The first kappa shape index (κ1) is 9.00. The zero-order valence-electron chi connectivity index (χ0n) is 7.41. The molecule has 1 aromatic heterocycles. The highest BCUT2D eigenvalue weighted by Crippen LogP contribution is 2.08. The van der Waals surface area contributed by atoms with E-state index in [-0.39, 0.29) is 6.61 Å². The van der Waals surface area contributed by atoms with Crippen molar-refractivity contribution in [2.24, 2.45) is 0 Å². The number of aromatic nitrogens is 1. The number of hydrogen-bond donors (Lipinski definition) is 2. The maximum Gasteiger partial charge on any atom is 0.0853 e. The second-order valence-electron chi connectivity index (χ2n) is 2.99. The molecule has 0 saturated carbocycles. The van der Waals surface area contributed by atoms with E-state index < -0.39 is 0 Å². The van der Waals surface area contributed by atoms with Crippen LogP contribution in [-0.2, 0) is 6.61 Å². The van der Waals surface area contributed by atoms with E-state index in [0.717, 1.165) is 5.69 Å². The molecule has 0 amide bonds. The zero-order valence-corrected chi connectivity index (χ0v) is 7.41. The van der Waals surface area contributed by atoms with Gasteiger partial charge in [-0.15, -0.1) is 0 Å². The average Bonchev–Trinajstić information content (AvgIpc) is 2.03. The molecule has 0 saturated heterocycles. The van der Waals surface area contributed by atoms with E-state index in [0.29, 0.717) is 11.7 Å². The fourth-order valence-electron chi connectivity index (χ4n) is 0.988. The first-order valence-corrected chi connectivity index (χ1v) is 4.04. The van der Waals surface area contributed by atoms with E-state index in [2.05, 4.69) is 24.1 Å². The van der Waals surface area contributed by atoms with Crippen LogP contribution in [0, 0.1) is 0 Å². The molecule has 1 heterocycles. The summed E-state index contributed by atoms with van der Waals surface area (Å²) in [5.41, 5.74) is 1.70. The van der Waals surface area contributed by atoms with E-state index in [4.69, 9.17) is 5.11 Å². The van der Waals surface area contributed by atoms with Crippen LogP contribution in [0.5, 0.6) is 0 Å². The van der Waals surface area contributed by atoms with Gasteiger partial charge in [-0.25, -0.2) is 0 Å². The van der Waals surface area contributed by atoms with Gasteiger partial charge in [-0.3, -0.25) is 4.98 Å². The van der Waals surface area contributed by atoms with Gasteiger partial charge in [0.05, 0.1) is 12.3 Å². The molecule has 1 rings (SSSR count). The largest absolute Gasteiger partial charge is 0.390 e.